The van der Waals surface area contributed by atoms with Gasteiger partial charge in [-0.2, -0.15) is 0 Å². The molecule has 29 heavy (non-hydrogen) atoms. The van der Waals surface area contributed by atoms with E-state index in [1.807, 2.05) is 54.6 Å². The third kappa shape index (κ3) is 5.60. The number of amides is 1. The number of hydrogen-bond donors (Lipinski definition) is 2. The predicted molar refractivity (Wildman–Crippen MR) is 121 cm³/mol. The number of nitrogens with one attached hydrogen (secondary N) is 1. The van der Waals surface area contributed by atoms with Crippen molar-refractivity contribution in [3.63, 3.8) is 0 Å². The second-order valence-corrected chi connectivity index (χ2v) is 7.07. The van der Waals surface area contributed by atoms with Crippen molar-refractivity contribution in [1.82, 2.24) is 4.98 Å². The van der Waals surface area contributed by atoms with Gasteiger partial charge in [-0.3, -0.25) is 9.78 Å². The lowest BCUT2D eigenvalue weighted by atomic mass is 9.85. The molecule has 4 rings (SSSR count). The number of para-hydroxylation sites is 1. The van der Waals surface area contributed by atoms with E-state index in [1.54, 1.807) is 6.20 Å². The molecule has 5 nitrogen and oxygen atoms in total. The normalized spacial score (nSPS) is 18.2. The van der Waals surface area contributed by atoms with Crippen LogP contribution in [0.1, 0.15) is 25.7 Å². The molecule has 3 aromatic rings. The highest BCUT2D eigenvalue weighted by molar-refractivity contribution is 5.93. The van der Waals surface area contributed by atoms with E-state index in [9.17, 15) is 4.79 Å². The van der Waals surface area contributed by atoms with E-state index in [4.69, 9.17) is 10.5 Å². The van der Waals surface area contributed by atoms with Gasteiger partial charge in [-0.05, 0) is 49.6 Å². The Morgan fingerprint density at radius 3 is 2.72 bits per heavy atom. The van der Waals surface area contributed by atoms with Crippen LogP contribution in [-0.2, 0) is 4.79 Å². The van der Waals surface area contributed by atoms with Crippen LogP contribution in [0.4, 0.5) is 5.69 Å². The average Bonchev–Trinajstić information content (AvgIpc) is 2.69. The Hall–Kier alpha value is -2.34. The third-order valence-electron chi connectivity index (χ3n) is 5.02. The fraction of sp³-hybridized carbons (Fsp3) is 0.273. The van der Waals surface area contributed by atoms with Crippen molar-refractivity contribution >= 4 is 47.3 Å². The van der Waals surface area contributed by atoms with Crippen LogP contribution in [0.25, 0.3) is 10.9 Å². The molecule has 7 heteroatoms. The van der Waals surface area contributed by atoms with E-state index in [2.05, 4.69) is 10.3 Å². The first-order valence-electron chi connectivity index (χ1n) is 9.37. The van der Waals surface area contributed by atoms with Crippen LogP contribution < -0.4 is 15.8 Å². The molecule has 0 spiro atoms. The number of pyridine rings is 1. The summed E-state index contributed by atoms with van der Waals surface area (Å²) in [5, 5.41) is 3.96. The Kier molecular flexibility index (Phi) is 8.26. The second-order valence-electron chi connectivity index (χ2n) is 7.07. The highest BCUT2D eigenvalue weighted by Crippen LogP contribution is 2.30. The van der Waals surface area contributed by atoms with Crippen molar-refractivity contribution in [2.45, 2.75) is 31.7 Å². The number of ether oxygens (including phenoxy) is 1. The first-order chi connectivity index (χ1) is 13.2. The molecule has 2 atom stereocenters. The van der Waals surface area contributed by atoms with Gasteiger partial charge in [0.15, 0.2) is 0 Å². The topological polar surface area (TPSA) is 77.2 Å². The maximum Gasteiger partial charge on any atom is 0.227 e. The zero-order valence-electron chi connectivity index (χ0n) is 15.9. The molecule has 154 valence electrons. The number of benzene rings is 2. The Morgan fingerprint density at radius 2 is 1.90 bits per heavy atom. The van der Waals surface area contributed by atoms with Crippen molar-refractivity contribution in [2.75, 3.05) is 5.32 Å². The van der Waals surface area contributed by atoms with Crippen molar-refractivity contribution in [1.29, 1.82) is 0 Å². The fourth-order valence-corrected chi connectivity index (χ4v) is 3.63. The number of nitrogens with zero attached hydrogens (tertiary/aromatic N) is 1. The molecule has 1 saturated carbocycles. The second kappa shape index (κ2) is 10.4. The number of carbonyl (C=O) groups is 1. The van der Waals surface area contributed by atoms with Gasteiger partial charge in [-0.1, -0.05) is 24.6 Å². The summed E-state index contributed by atoms with van der Waals surface area (Å²) in [6.45, 7) is 0. The van der Waals surface area contributed by atoms with Crippen LogP contribution in [0.3, 0.4) is 0 Å². The lowest BCUT2D eigenvalue weighted by Crippen LogP contribution is -2.34. The third-order valence-corrected chi connectivity index (χ3v) is 5.02. The summed E-state index contributed by atoms with van der Waals surface area (Å²) >= 11 is 0. The summed E-state index contributed by atoms with van der Waals surface area (Å²) in [6.07, 6.45) is 5.41. The minimum absolute atomic E-state index is 0. The number of nitrogens with two attached hydrogens (primary N) is 1. The molecule has 2 aromatic carbocycles. The summed E-state index contributed by atoms with van der Waals surface area (Å²) < 4.78 is 6.07. The van der Waals surface area contributed by atoms with Gasteiger partial charge in [-0.25, -0.2) is 0 Å². The smallest absolute Gasteiger partial charge is 0.227 e. The lowest BCUT2D eigenvalue weighted by Gasteiger charge is -2.25. The molecular weight excluding hydrogens is 409 g/mol. The molecule has 1 amide bonds. The van der Waals surface area contributed by atoms with E-state index in [0.717, 1.165) is 48.0 Å². The summed E-state index contributed by atoms with van der Waals surface area (Å²) in [5.74, 6) is 1.44. The molecule has 0 bridgehead atoms. The van der Waals surface area contributed by atoms with Crippen LogP contribution in [0.15, 0.2) is 60.8 Å². The summed E-state index contributed by atoms with van der Waals surface area (Å²) in [4.78, 5) is 16.9. The van der Waals surface area contributed by atoms with Gasteiger partial charge in [0, 0.05) is 35.3 Å². The van der Waals surface area contributed by atoms with Gasteiger partial charge in [-0.15, -0.1) is 24.8 Å². The number of hydrogen-bond acceptors (Lipinski definition) is 4. The van der Waals surface area contributed by atoms with Crippen LogP contribution >= 0.6 is 24.8 Å². The number of carbonyl (C=O) groups excluding carboxylic acids is 1. The standard InChI is InChI=1S/C22H23N3O2.2ClH/c23-16-6-3-5-15(13-16)22(26)25-17-7-4-8-18(14-17)27-21-11-12-24-20-10-2-1-9-19(20)21;;/h1-2,4,7-12,14-16H,3,5-6,13,23H2,(H,25,26);2*1H. The number of fused-ring (bicyclic) bond motifs is 1. The van der Waals surface area contributed by atoms with Gasteiger partial charge < -0.3 is 15.8 Å². The van der Waals surface area contributed by atoms with Crippen molar-refractivity contribution in [2.24, 2.45) is 11.7 Å². The molecule has 1 aromatic heterocycles. The van der Waals surface area contributed by atoms with Crippen molar-refractivity contribution < 1.29 is 9.53 Å². The number of anilines is 1. The maximum atomic E-state index is 12.5. The molecular formula is C22H25Cl2N3O2. The van der Waals surface area contributed by atoms with Crippen LogP contribution in [0.5, 0.6) is 11.5 Å². The highest BCUT2D eigenvalue weighted by atomic mass is 35.5. The minimum Gasteiger partial charge on any atom is -0.457 e. The van der Waals surface area contributed by atoms with E-state index in [0.29, 0.717) is 5.75 Å². The van der Waals surface area contributed by atoms with E-state index < -0.39 is 0 Å². The number of halogens is 2. The predicted octanol–water partition coefficient (Wildman–Crippen LogP) is 5.33. The lowest BCUT2D eigenvalue weighted by molar-refractivity contribution is -0.120. The summed E-state index contributed by atoms with van der Waals surface area (Å²) in [5.41, 5.74) is 7.62. The van der Waals surface area contributed by atoms with Crippen LogP contribution in [0, 0.1) is 5.92 Å². The van der Waals surface area contributed by atoms with Gasteiger partial charge in [0.2, 0.25) is 5.91 Å². The monoisotopic (exact) mass is 433 g/mol. The molecule has 3 N–H and O–H groups in total. The van der Waals surface area contributed by atoms with Gasteiger partial charge in [0.05, 0.1) is 5.52 Å². The average molecular weight is 434 g/mol. The van der Waals surface area contributed by atoms with Crippen molar-refractivity contribution in [3.8, 4) is 11.5 Å². The number of rotatable bonds is 4. The molecule has 1 aliphatic rings. The number of aromatic nitrogens is 1. The zero-order valence-corrected chi connectivity index (χ0v) is 17.5. The SMILES string of the molecule is Cl.Cl.NC1CCCC(C(=O)Nc2cccc(Oc3ccnc4ccccc34)c2)C1. The van der Waals surface area contributed by atoms with Gasteiger partial charge in [0.1, 0.15) is 11.5 Å². The Labute approximate surface area is 182 Å². The molecule has 0 aliphatic heterocycles. The molecule has 1 heterocycles. The Balaban J connectivity index is 0.00000150. The first kappa shape index (κ1) is 22.9. The van der Waals surface area contributed by atoms with Gasteiger partial charge >= 0.3 is 0 Å². The fourth-order valence-electron chi connectivity index (χ4n) is 3.63. The molecule has 1 aliphatic carbocycles. The first-order valence-corrected chi connectivity index (χ1v) is 9.37. The quantitative estimate of drug-likeness (QED) is 0.582. The highest BCUT2D eigenvalue weighted by Gasteiger charge is 2.25. The molecule has 1 fully saturated rings. The van der Waals surface area contributed by atoms with E-state index in [-0.39, 0.29) is 42.7 Å². The van der Waals surface area contributed by atoms with Crippen molar-refractivity contribution in [3.05, 3.63) is 60.8 Å². The van der Waals surface area contributed by atoms with Gasteiger partial charge in [0.25, 0.3) is 0 Å². The van der Waals surface area contributed by atoms with E-state index >= 15 is 0 Å². The molecule has 0 saturated heterocycles. The molecule has 2 unspecified atom stereocenters. The van der Waals surface area contributed by atoms with Crippen LogP contribution in [-0.4, -0.2) is 16.9 Å². The zero-order chi connectivity index (χ0) is 18.6. The minimum atomic E-state index is -0.0116. The largest absolute Gasteiger partial charge is 0.457 e. The molecule has 0 radical (unpaired) electrons. The Morgan fingerprint density at radius 1 is 1.07 bits per heavy atom. The summed E-state index contributed by atoms with van der Waals surface area (Å²) in [7, 11) is 0. The van der Waals surface area contributed by atoms with E-state index in [1.165, 1.54) is 0 Å². The summed E-state index contributed by atoms with van der Waals surface area (Å²) in [6, 6.07) is 17.3. The maximum absolute atomic E-state index is 12.5. The van der Waals surface area contributed by atoms with Crippen LogP contribution in [0.2, 0.25) is 0 Å². The Bertz CT molecular complexity index is 962.